The van der Waals surface area contributed by atoms with Crippen LogP contribution in [0.4, 0.5) is 0 Å². The highest BCUT2D eigenvalue weighted by Crippen LogP contribution is 2.12. The standard InChI is InChI=1S/C15H24ClN3/c1-2-10-19(11-13-6-3-4-9-17-13)12-14-7-5-8-15(16)18-14/h5,7-8,13,17H,2-4,6,9-12H2,1H3. The minimum Gasteiger partial charge on any atom is -0.313 e. The molecule has 19 heavy (non-hydrogen) atoms. The summed E-state index contributed by atoms with van der Waals surface area (Å²) in [4.78, 5) is 6.88. The Bertz CT molecular complexity index is 377. The lowest BCUT2D eigenvalue weighted by molar-refractivity contribution is 0.215. The molecule has 2 rings (SSSR count). The Balaban J connectivity index is 1.91. The number of rotatable bonds is 6. The predicted octanol–water partition coefficient (Wildman–Crippen LogP) is 3.09. The average Bonchev–Trinajstić information content (AvgIpc) is 2.40. The van der Waals surface area contributed by atoms with Gasteiger partial charge in [-0.2, -0.15) is 0 Å². The molecular weight excluding hydrogens is 258 g/mol. The van der Waals surface area contributed by atoms with E-state index in [0.717, 1.165) is 25.3 Å². The van der Waals surface area contributed by atoms with Crippen LogP contribution in [0.5, 0.6) is 0 Å². The van der Waals surface area contributed by atoms with Gasteiger partial charge in [0.05, 0.1) is 5.69 Å². The van der Waals surface area contributed by atoms with E-state index in [1.54, 1.807) is 0 Å². The van der Waals surface area contributed by atoms with E-state index in [9.17, 15) is 0 Å². The highest BCUT2D eigenvalue weighted by atomic mass is 35.5. The molecule has 1 aromatic rings. The van der Waals surface area contributed by atoms with Gasteiger partial charge in [-0.1, -0.05) is 31.0 Å². The van der Waals surface area contributed by atoms with Crippen molar-refractivity contribution >= 4 is 11.6 Å². The second-order valence-electron chi connectivity index (χ2n) is 5.33. The third-order valence-electron chi connectivity index (χ3n) is 3.59. The molecule has 1 N–H and O–H groups in total. The number of pyridine rings is 1. The van der Waals surface area contributed by atoms with Crippen molar-refractivity contribution in [1.29, 1.82) is 0 Å². The number of aromatic nitrogens is 1. The van der Waals surface area contributed by atoms with Crippen molar-refractivity contribution < 1.29 is 0 Å². The van der Waals surface area contributed by atoms with E-state index >= 15 is 0 Å². The summed E-state index contributed by atoms with van der Waals surface area (Å²) in [5.74, 6) is 0. The SMILES string of the molecule is CCCN(Cc1cccc(Cl)n1)CC1CCCCN1. The number of halogens is 1. The van der Waals surface area contributed by atoms with Crippen LogP contribution >= 0.6 is 11.6 Å². The van der Waals surface area contributed by atoms with Crippen LogP contribution in [0.15, 0.2) is 18.2 Å². The zero-order chi connectivity index (χ0) is 13.5. The fraction of sp³-hybridized carbons (Fsp3) is 0.667. The molecule has 0 bridgehead atoms. The summed E-state index contributed by atoms with van der Waals surface area (Å²) in [5, 5.41) is 4.20. The first kappa shape index (κ1) is 14.8. The van der Waals surface area contributed by atoms with Gasteiger partial charge < -0.3 is 5.32 Å². The van der Waals surface area contributed by atoms with Crippen LogP contribution in [0.2, 0.25) is 5.15 Å². The molecule has 3 nitrogen and oxygen atoms in total. The smallest absolute Gasteiger partial charge is 0.129 e. The molecular formula is C15H24ClN3. The summed E-state index contributed by atoms with van der Waals surface area (Å²) < 4.78 is 0. The zero-order valence-corrected chi connectivity index (χ0v) is 12.5. The van der Waals surface area contributed by atoms with Crippen molar-refractivity contribution in [2.24, 2.45) is 0 Å². The van der Waals surface area contributed by atoms with Crippen LogP contribution in [0.1, 0.15) is 38.3 Å². The maximum Gasteiger partial charge on any atom is 0.129 e. The van der Waals surface area contributed by atoms with Crippen molar-refractivity contribution in [2.45, 2.75) is 45.2 Å². The minimum absolute atomic E-state index is 0.588. The second kappa shape index (κ2) is 7.83. The lowest BCUT2D eigenvalue weighted by Crippen LogP contribution is -2.43. The second-order valence-corrected chi connectivity index (χ2v) is 5.72. The summed E-state index contributed by atoms with van der Waals surface area (Å²) in [6.07, 6.45) is 5.14. The molecule has 2 heterocycles. The Labute approximate surface area is 121 Å². The van der Waals surface area contributed by atoms with Crippen molar-refractivity contribution in [2.75, 3.05) is 19.6 Å². The minimum atomic E-state index is 0.588. The molecule has 4 heteroatoms. The number of hydrogen-bond acceptors (Lipinski definition) is 3. The van der Waals surface area contributed by atoms with Gasteiger partial charge in [-0.25, -0.2) is 4.98 Å². The molecule has 0 amide bonds. The molecule has 1 saturated heterocycles. The average molecular weight is 282 g/mol. The van der Waals surface area contributed by atoms with Crippen LogP contribution in [-0.4, -0.2) is 35.6 Å². The molecule has 1 aromatic heterocycles. The van der Waals surface area contributed by atoms with Gasteiger partial charge in [-0.3, -0.25) is 4.90 Å². The van der Waals surface area contributed by atoms with E-state index in [2.05, 4.69) is 28.2 Å². The monoisotopic (exact) mass is 281 g/mol. The third-order valence-corrected chi connectivity index (χ3v) is 3.80. The van der Waals surface area contributed by atoms with E-state index in [0.29, 0.717) is 11.2 Å². The fourth-order valence-electron chi connectivity index (χ4n) is 2.71. The summed E-state index contributed by atoms with van der Waals surface area (Å²) in [6, 6.07) is 6.51. The molecule has 0 aliphatic carbocycles. The van der Waals surface area contributed by atoms with Crippen molar-refractivity contribution in [1.82, 2.24) is 15.2 Å². The first-order chi connectivity index (χ1) is 9.28. The third kappa shape index (κ3) is 5.09. The molecule has 0 saturated carbocycles. The molecule has 1 atom stereocenters. The highest BCUT2D eigenvalue weighted by molar-refractivity contribution is 6.29. The van der Waals surface area contributed by atoms with Gasteiger partial charge in [0.2, 0.25) is 0 Å². The molecule has 1 aliphatic rings. The van der Waals surface area contributed by atoms with Gasteiger partial charge in [-0.15, -0.1) is 0 Å². The molecule has 1 unspecified atom stereocenters. The van der Waals surface area contributed by atoms with Crippen LogP contribution in [0.3, 0.4) is 0 Å². The van der Waals surface area contributed by atoms with E-state index in [1.807, 2.05) is 12.1 Å². The molecule has 0 spiro atoms. The lowest BCUT2D eigenvalue weighted by atomic mass is 10.0. The first-order valence-corrected chi connectivity index (χ1v) is 7.73. The quantitative estimate of drug-likeness (QED) is 0.812. The van der Waals surface area contributed by atoms with E-state index < -0.39 is 0 Å². The maximum atomic E-state index is 5.96. The van der Waals surface area contributed by atoms with Crippen molar-refractivity contribution in [3.8, 4) is 0 Å². The number of piperidine rings is 1. The number of nitrogens with zero attached hydrogens (tertiary/aromatic N) is 2. The fourth-order valence-corrected chi connectivity index (χ4v) is 2.89. The topological polar surface area (TPSA) is 28.2 Å². The molecule has 106 valence electrons. The van der Waals surface area contributed by atoms with Crippen molar-refractivity contribution in [3.63, 3.8) is 0 Å². The van der Waals surface area contributed by atoms with Crippen LogP contribution in [0, 0.1) is 0 Å². The Hall–Kier alpha value is -0.640. The molecule has 0 aromatic carbocycles. The van der Waals surface area contributed by atoms with Gasteiger partial charge >= 0.3 is 0 Å². The zero-order valence-electron chi connectivity index (χ0n) is 11.7. The summed E-state index contributed by atoms with van der Waals surface area (Å²) >= 11 is 5.96. The van der Waals surface area contributed by atoms with Gasteiger partial charge in [-0.05, 0) is 44.5 Å². The first-order valence-electron chi connectivity index (χ1n) is 7.35. The summed E-state index contributed by atoms with van der Waals surface area (Å²) in [7, 11) is 0. The van der Waals surface area contributed by atoms with Crippen LogP contribution in [-0.2, 0) is 6.54 Å². The molecule has 1 aliphatic heterocycles. The maximum absolute atomic E-state index is 5.96. The predicted molar refractivity (Wildman–Crippen MR) is 80.5 cm³/mol. The van der Waals surface area contributed by atoms with E-state index in [1.165, 1.54) is 32.2 Å². The molecule has 0 radical (unpaired) electrons. The number of nitrogens with one attached hydrogen (secondary N) is 1. The van der Waals surface area contributed by atoms with Gasteiger partial charge in [0.1, 0.15) is 5.15 Å². The Kier molecular flexibility index (Phi) is 6.08. The van der Waals surface area contributed by atoms with Crippen LogP contribution in [0.25, 0.3) is 0 Å². The lowest BCUT2D eigenvalue weighted by Gasteiger charge is -2.30. The summed E-state index contributed by atoms with van der Waals surface area (Å²) in [5.41, 5.74) is 1.07. The van der Waals surface area contributed by atoms with E-state index in [-0.39, 0.29) is 0 Å². The van der Waals surface area contributed by atoms with Gasteiger partial charge in [0.15, 0.2) is 0 Å². The largest absolute Gasteiger partial charge is 0.313 e. The number of hydrogen-bond donors (Lipinski definition) is 1. The Morgan fingerprint density at radius 2 is 2.32 bits per heavy atom. The normalized spacial score (nSPS) is 19.8. The summed E-state index contributed by atoms with van der Waals surface area (Å²) in [6.45, 7) is 6.52. The van der Waals surface area contributed by atoms with Crippen molar-refractivity contribution in [3.05, 3.63) is 29.0 Å². The molecule has 1 fully saturated rings. The van der Waals surface area contributed by atoms with Gasteiger partial charge in [0.25, 0.3) is 0 Å². The Morgan fingerprint density at radius 3 is 3.00 bits per heavy atom. The Morgan fingerprint density at radius 1 is 1.42 bits per heavy atom. The highest BCUT2D eigenvalue weighted by Gasteiger charge is 2.16. The van der Waals surface area contributed by atoms with E-state index in [4.69, 9.17) is 11.6 Å². The van der Waals surface area contributed by atoms with Gasteiger partial charge in [0, 0.05) is 19.1 Å². The van der Waals surface area contributed by atoms with Crippen LogP contribution < -0.4 is 5.32 Å².